The summed E-state index contributed by atoms with van der Waals surface area (Å²) in [6.45, 7) is 4.38. The van der Waals surface area contributed by atoms with Crippen LogP contribution in [-0.2, 0) is 0 Å². The molecule has 1 N–H and O–H groups in total. The molecule has 0 aliphatic carbocycles. The maximum atomic E-state index is 9.90. The monoisotopic (exact) mass is 230 g/mol. The lowest BCUT2D eigenvalue weighted by molar-refractivity contribution is -0.0949. The Balaban J connectivity index is 1.83. The van der Waals surface area contributed by atoms with Gasteiger partial charge in [-0.15, -0.1) is 0 Å². The molecule has 1 fully saturated rings. The summed E-state index contributed by atoms with van der Waals surface area (Å²) in [5.74, 6) is 0.461. The number of hydrogen-bond acceptors (Lipinski definition) is 3. The fourth-order valence-electron chi connectivity index (χ4n) is 2.45. The van der Waals surface area contributed by atoms with E-state index in [-0.39, 0.29) is 6.42 Å². The molecule has 1 heterocycles. The first-order valence-electron chi connectivity index (χ1n) is 6.00. The molecule has 2 rings (SSSR count). The third kappa shape index (κ3) is 2.85. The van der Waals surface area contributed by atoms with Gasteiger partial charge >= 0.3 is 0 Å². The Morgan fingerprint density at radius 1 is 1.41 bits per heavy atom. The molecule has 0 saturated carbocycles. The normalized spacial score (nSPS) is 20.3. The lowest BCUT2D eigenvalue weighted by atomic mass is 9.89. The van der Waals surface area contributed by atoms with Crippen molar-refractivity contribution >= 4 is 0 Å². The van der Waals surface area contributed by atoms with Crippen molar-refractivity contribution in [3.05, 3.63) is 35.9 Å². The molecule has 90 valence electrons. The van der Waals surface area contributed by atoms with Crippen LogP contribution in [0.4, 0.5) is 0 Å². The molecular weight excluding hydrogens is 212 g/mol. The number of nitriles is 1. The fraction of sp³-hybridized carbons (Fsp3) is 0.500. The highest BCUT2D eigenvalue weighted by atomic mass is 16.3. The van der Waals surface area contributed by atoms with E-state index in [1.807, 2.05) is 24.3 Å². The zero-order chi connectivity index (χ0) is 12.3. The van der Waals surface area contributed by atoms with Crippen molar-refractivity contribution in [3.8, 4) is 6.07 Å². The number of benzene rings is 1. The third-order valence-electron chi connectivity index (χ3n) is 3.34. The minimum absolute atomic E-state index is 0.239. The highest BCUT2D eigenvalue weighted by Crippen LogP contribution is 2.27. The van der Waals surface area contributed by atoms with Crippen LogP contribution in [0.15, 0.2) is 30.3 Å². The van der Waals surface area contributed by atoms with Gasteiger partial charge in [-0.1, -0.05) is 37.3 Å². The SMILES string of the molecule is C[C@H](CN1CC(O)(CC#N)C1)c1ccccc1. The molecule has 3 nitrogen and oxygen atoms in total. The standard InChI is InChI=1S/C14H18N2O/c1-12(13-5-3-2-4-6-13)9-16-10-14(17,11-16)7-8-15/h2-6,12,17H,7,9-11H2,1H3/t12-/m1/s1. The molecule has 1 aliphatic rings. The zero-order valence-corrected chi connectivity index (χ0v) is 10.1. The van der Waals surface area contributed by atoms with Crippen LogP contribution in [0.1, 0.15) is 24.8 Å². The minimum atomic E-state index is -0.759. The molecule has 0 amide bonds. The Hall–Kier alpha value is -1.37. The number of β-amino-alcohol motifs (C(OH)–C–C–N with tert-alkyl or cyclic N) is 1. The van der Waals surface area contributed by atoms with Crippen molar-refractivity contribution in [1.29, 1.82) is 5.26 Å². The summed E-state index contributed by atoms with van der Waals surface area (Å²) in [6, 6.07) is 12.4. The van der Waals surface area contributed by atoms with Crippen molar-refractivity contribution in [2.45, 2.75) is 24.9 Å². The average molecular weight is 230 g/mol. The first-order valence-corrected chi connectivity index (χ1v) is 6.00. The second kappa shape index (κ2) is 4.87. The summed E-state index contributed by atoms with van der Waals surface area (Å²) in [5, 5.41) is 18.5. The Kier molecular flexibility index (Phi) is 3.46. The summed E-state index contributed by atoms with van der Waals surface area (Å²) < 4.78 is 0. The Labute approximate surface area is 102 Å². The molecule has 0 aromatic heterocycles. The number of nitrogens with zero attached hydrogens (tertiary/aromatic N) is 2. The van der Waals surface area contributed by atoms with E-state index in [4.69, 9.17) is 5.26 Å². The number of rotatable bonds is 4. The molecule has 1 aromatic rings. The predicted molar refractivity (Wildman–Crippen MR) is 66.5 cm³/mol. The number of aliphatic hydroxyl groups is 1. The van der Waals surface area contributed by atoms with Crippen molar-refractivity contribution < 1.29 is 5.11 Å². The van der Waals surface area contributed by atoms with Crippen LogP contribution in [0.2, 0.25) is 0 Å². The van der Waals surface area contributed by atoms with Gasteiger partial charge in [0.25, 0.3) is 0 Å². The van der Waals surface area contributed by atoms with Crippen LogP contribution in [0.25, 0.3) is 0 Å². The Bertz CT molecular complexity index is 404. The minimum Gasteiger partial charge on any atom is -0.386 e. The van der Waals surface area contributed by atoms with Gasteiger partial charge in [-0.05, 0) is 11.5 Å². The molecule has 1 saturated heterocycles. The maximum absolute atomic E-state index is 9.90. The lowest BCUT2D eigenvalue weighted by Gasteiger charge is -2.46. The first-order chi connectivity index (χ1) is 8.13. The van der Waals surface area contributed by atoms with Crippen LogP contribution in [0.3, 0.4) is 0 Å². The number of likely N-dealkylation sites (tertiary alicyclic amines) is 1. The van der Waals surface area contributed by atoms with Gasteiger partial charge in [-0.25, -0.2) is 0 Å². The molecule has 1 aliphatic heterocycles. The summed E-state index contributed by atoms with van der Waals surface area (Å²) in [7, 11) is 0. The van der Waals surface area contributed by atoms with Crippen LogP contribution >= 0.6 is 0 Å². The van der Waals surface area contributed by atoms with E-state index in [9.17, 15) is 5.11 Å². The molecule has 0 unspecified atom stereocenters. The molecular formula is C14H18N2O. The van der Waals surface area contributed by atoms with Crippen molar-refractivity contribution in [2.75, 3.05) is 19.6 Å². The molecule has 0 bridgehead atoms. The van der Waals surface area contributed by atoms with Gasteiger partial charge in [-0.2, -0.15) is 5.26 Å². The van der Waals surface area contributed by atoms with E-state index in [0.717, 1.165) is 6.54 Å². The van der Waals surface area contributed by atoms with E-state index < -0.39 is 5.60 Å². The summed E-state index contributed by atoms with van der Waals surface area (Å²) in [5.41, 5.74) is 0.564. The van der Waals surface area contributed by atoms with E-state index in [2.05, 4.69) is 24.0 Å². The highest BCUT2D eigenvalue weighted by Gasteiger charge is 2.41. The summed E-state index contributed by atoms with van der Waals surface area (Å²) in [4.78, 5) is 2.20. The van der Waals surface area contributed by atoms with E-state index in [1.165, 1.54) is 5.56 Å². The fourth-order valence-corrected chi connectivity index (χ4v) is 2.45. The second-order valence-corrected chi connectivity index (χ2v) is 5.04. The van der Waals surface area contributed by atoms with Crippen LogP contribution in [0.5, 0.6) is 0 Å². The third-order valence-corrected chi connectivity index (χ3v) is 3.34. The van der Waals surface area contributed by atoms with Crippen LogP contribution in [0, 0.1) is 11.3 Å². The lowest BCUT2D eigenvalue weighted by Crippen LogP contribution is -2.62. The first kappa shape index (κ1) is 12.1. The maximum Gasteiger partial charge on any atom is 0.103 e. The van der Waals surface area contributed by atoms with E-state index in [1.54, 1.807) is 0 Å². The number of hydrogen-bond donors (Lipinski definition) is 1. The summed E-state index contributed by atoms with van der Waals surface area (Å²) >= 11 is 0. The molecule has 1 aromatic carbocycles. The predicted octanol–water partition coefficient (Wildman–Crippen LogP) is 1.75. The van der Waals surface area contributed by atoms with Crippen molar-refractivity contribution in [2.24, 2.45) is 0 Å². The molecule has 0 radical (unpaired) electrons. The van der Waals surface area contributed by atoms with E-state index >= 15 is 0 Å². The smallest absolute Gasteiger partial charge is 0.103 e. The van der Waals surface area contributed by atoms with Gasteiger partial charge in [-0.3, -0.25) is 4.90 Å². The quantitative estimate of drug-likeness (QED) is 0.857. The Morgan fingerprint density at radius 3 is 2.65 bits per heavy atom. The van der Waals surface area contributed by atoms with Gasteiger partial charge in [0, 0.05) is 19.6 Å². The van der Waals surface area contributed by atoms with E-state index in [0.29, 0.717) is 19.0 Å². The highest BCUT2D eigenvalue weighted by molar-refractivity contribution is 5.19. The zero-order valence-electron chi connectivity index (χ0n) is 10.1. The topological polar surface area (TPSA) is 47.3 Å². The van der Waals surface area contributed by atoms with Gasteiger partial charge in [0.2, 0.25) is 0 Å². The van der Waals surface area contributed by atoms with Crippen molar-refractivity contribution in [3.63, 3.8) is 0 Å². The van der Waals surface area contributed by atoms with Gasteiger partial charge in [0.15, 0.2) is 0 Å². The molecule has 1 atom stereocenters. The van der Waals surface area contributed by atoms with Gasteiger partial charge in [0.1, 0.15) is 5.60 Å². The van der Waals surface area contributed by atoms with Gasteiger partial charge < -0.3 is 5.11 Å². The van der Waals surface area contributed by atoms with Crippen LogP contribution in [-0.4, -0.2) is 35.2 Å². The Morgan fingerprint density at radius 2 is 2.06 bits per heavy atom. The van der Waals surface area contributed by atoms with Crippen molar-refractivity contribution in [1.82, 2.24) is 4.90 Å². The molecule has 17 heavy (non-hydrogen) atoms. The van der Waals surface area contributed by atoms with Gasteiger partial charge in [0.05, 0.1) is 12.5 Å². The average Bonchev–Trinajstić information content (AvgIpc) is 2.28. The summed E-state index contributed by atoms with van der Waals surface area (Å²) in [6.07, 6.45) is 0.239. The largest absolute Gasteiger partial charge is 0.386 e. The molecule has 0 spiro atoms. The van der Waals surface area contributed by atoms with Crippen LogP contribution < -0.4 is 0 Å². The molecule has 3 heteroatoms. The second-order valence-electron chi connectivity index (χ2n) is 5.04.